The van der Waals surface area contributed by atoms with Crippen molar-refractivity contribution in [1.82, 2.24) is 0 Å². The average molecular weight is 214 g/mol. The smallest absolute Gasteiger partial charge is 0.130 e. The summed E-state index contributed by atoms with van der Waals surface area (Å²) in [7, 11) is 0. The molecule has 0 aliphatic heterocycles. The van der Waals surface area contributed by atoms with Crippen molar-refractivity contribution in [2.24, 2.45) is 0 Å². The Labute approximate surface area is 87.9 Å². The Balaban J connectivity index is 2.95. The second-order valence-electron chi connectivity index (χ2n) is 2.47. The average Bonchev–Trinajstić information content (AvgIpc) is 2.11. The normalized spacial score (nSPS) is 10.3. The van der Waals surface area contributed by atoms with Crippen molar-refractivity contribution in [1.29, 1.82) is 0 Å². The van der Waals surface area contributed by atoms with Gasteiger partial charge in [0.15, 0.2) is 0 Å². The molecule has 0 aliphatic carbocycles. The zero-order valence-electron chi connectivity index (χ0n) is 7.91. The summed E-state index contributed by atoms with van der Waals surface area (Å²) >= 11 is 3.47. The van der Waals surface area contributed by atoms with Crippen molar-refractivity contribution in [3.63, 3.8) is 0 Å². The number of phenols is 1. The molecule has 1 aromatic rings. The summed E-state index contributed by atoms with van der Waals surface area (Å²) in [6.45, 7) is 4.21. The number of thioether (sulfide) groups is 2. The van der Waals surface area contributed by atoms with Crippen molar-refractivity contribution in [3.8, 4) is 5.75 Å². The van der Waals surface area contributed by atoms with Crippen LogP contribution >= 0.6 is 23.5 Å². The topological polar surface area (TPSA) is 20.2 Å². The minimum atomic E-state index is 0.408. The van der Waals surface area contributed by atoms with Gasteiger partial charge in [-0.05, 0) is 23.6 Å². The molecule has 0 aliphatic rings. The van der Waals surface area contributed by atoms with E-state index in [1.54, 1.807) is 29.6 Å². The van der Waals surface area contributed by atoms with Gasteiger partial charge in [-0.25, -0.2) is 0 Å². The first-order valence-electron chi connectivity index (χ1n) is 4.37. The number of hydrogen-bond donors (Lipinski definition) is 1. The molecule has 0 radical (unpaired) electrons. The lowest BCUT2D eigenvalue weighted by atomic mass is 10.3. The summed E-state index contributed by atoms with van der Waals surface area (Å²) in [6.07, 6.45) is 0. The first-order chi connectivity index (χ1) is 6.29. The molecule has 0 atom stereocenters. The standard InChI is InChI=1S/C10H14OS2/c1-3-12-9-7-5-6-8(11)10(9)13-4-2/h5-7,11H,3-4H2,1-2H3. The molecule has 13 heavy (non-hydrogen) atoms. The van der Waals surface area contributed by atoms with Gasteiger partial charge in [-0.15, -0.1) is 23.5 Å². The second-order valence-corrected chi connectivity index (χ2v) is 5.05. The first-order valence-corrected chi connectivity index (χ1v) is 6.34. The highest BCUT2D eigenvalue weighted by atomic mass is 32.2. The molecular formula is C10H14OS2. The highest BCUT2D eigenvalue weighted by Crippen LogP contribution is 2.37. The number of rotatable bonds is 4. The molecule has 0 saturated heterocycles. The summed E-state index contributed by atoms with van der Waals surface area (Å²) in [5.74, 6) is 2.44. The molecule has 0 bridgehead atoms. The summed E-state index contributed by atoms with van der Waals surface area (Å²) in [5.41, 5.74) is 0. The molecule has 0 amide bonds. The number of aromatic hydroxyl groups is 1. The van der Waals surface area contributed by atoms with E-state index in [0.717, 1.165) is 16.4 Å². The Morgan fingerprint density at radius 3 is 2.46 bits per heavy atom. The quantitative estimate of drug-likeness (QED) is 0.773. The Morgan fingerprint density at radius 1 is 1.15 bits per heavy atom. The maximum Gasteiger partial charge on any atom is 0.130 e. The fraction of sp³-hybridized carbons (Fsp3) is 0.400. The van der Waals surface area contributed by atoms with E-state index in [2.05, 4.69) is 19.9 Å². The minimum Gasteiger partial charge on any atom is -0.507 e. The fourth-order valence-electron chi connectivity index (χ4n) is 1.06. The lowest BCUT2D eigenvalue weighted by Gasteiger charge is -2.08. The predicted molar refractivity (Wildman–Crippen MR) is 60.9 cm³/mol. The van der Waals surface area contributed by atoms with Gasteiger partial charge in [0.25, 0.3) is 0 Å². The van der Waals surface area contributed by atoms with Crippen molar-refractivity contribution in [2.75, 3.05) is 11.5 Å². The third-order valence-corrected chi connectivity index (χ3v) is 3.62. The van der Waals surface area contributed by atoms with Crippen LogP contribution in [-0.2, 0) is 0 Å². The largest absolute Gasteiger partial charge is 0.507 e. The van der Waals surface area contributed by atoms with Crippen LogP contribution in [-0.4, -0.2) is 16.6 Å². The van der Waals surface area contributed by atoms with E-state index in [1.165, 1.54) is 4.90 Å². The highest BCUT2D eigenvalue weighted by Gasteiger charge is 2.06. The van der Waals surface area contributed by atoms with Crippen LogP contribution in [0.1, 0.15) is 13.8 Å². The van der Waals surface area contributed by atoms with Gasteiger partial charge in [-0.1, -0.05) is 19.9 Å². The minimum absolute atomic E-state index is 0.408. The molecule has 1 N–H and O–H groups in total. The van der Waals surface area contributed by atoms with Crippen LogP contribution in [0.4, 0.5) is 0 Å². The van der Waals surface area contributed by atoms with Crippen LogP contribution in [0.25, 0.3) is 0 Å². The van der Waals surface area contributed by atoms with Crippen molar-refractivity contribution < 1.29 is 5.11 Å². The monoisotopic (exact) mass is 214 g/mol. The van der Waals surface area contributed by atoms with Gasteiger partial charge in [0, 0.05) is 4.90 Å². The van der Waals surface area contributed by atoms with Crippen LogP contribution in [0.15, 0.2) is 28.0 Å². The van der Waals surface area contributed by atoms with Crippen molar-refractivity contribution in [2.45, 2.75) is 23.6 Å². The summed E-state index contributed by atoms with van der Waals surface area (Å²) in [6, 6.07) is 5.70. The Kier molecular flexibility index (Phi) is 4.53. The van der Waals surface area contributed by atoms with Crippen LogP contribution < -0.4 is 0 Å². The Morgan fingerprint density at radius 2 is 1.85 bits per heavy atom. The van der Waals surface area contributed by atoms with Crippen LogP contribution in [0.2, 0.25) is 0 Å². The lowest BCUT2D eigenvalue weighted by Crippen LogP contribution is -1.81. The van der Waals surface area contributed by atoms with E-state index in [1.807, 2.05) is 6.07 Å². The molecule has 1 aromatic carbocycles. The van der Waals surface area contributed by atoms with Gasteiger partial charge in [0.05, 0.1) is 4.90 Å². The van der Waals surface area contributed by atoms with Crippen LogP contribution in [0.3, 0.4) is 0 Å². The number of benzene rings is 1. The highest BCUT2D eigenvalue weighted by molar-refractivity contribution is 8.02. The summed E-state index contributed by atoms with van der Waals surface area (Å²) in [5, 5.41) is 9.61. The fourth-order valence-corrected chi connectivity index (χ4v) is 2.85. The lowest BCUT2D eigenvalue weighted by molar-refractivity contribution is 0.459. The van der Waals surface area contributed by atoms with Gasteiger partial charge in [-0.3, -0.25) is 0 Å². The van der Waals surface area contributed by atoms with E-state index in [4.69, 9.17) is 0 Å². The Hall–Kier alpha value is -0.280. The summed E-state index contributed by atoms with van der Waals surface area (Å²) in [4.78, 5) is 2.21. The van der Waals surface area contributed by atoms with Gasteiger partial charge in [-0.2, -0.15) is 0 Å². The molecule has 1 rings (SSSR count). The van der Waals surface area contributed by atoms with E-state index >= 15 is 0 Å². The zero-order valence-corrected chi connectivity index (χ0v) is 9.54. The molecule has 0 fully saturated rings. The molecule has 0 unspecified atom stereocenters. The molecule has 0 spiro atoms. The summed E-state index contributed by atoms with van der Waals surface area (Å²) < 4.78 is 0. The van der Waals surface area contributed by atoms with Crippen LogP contribution in [0, 0.1) is 0 Å². The molecule has 1 nitrogen and oxygen atoms in total. The third-order valence-electron chi connectivity index (χ3n) is 1.55. The zero-order chi connectivity index (χ0) is 9.68. The van der Waals surface area contributed by atoms with E-state index in [-0.39, 0.29) is 0 Å². The van der Waals surface area contributed by atoms with Gasteiger partial charge in [0.1, 0.15) is 5.75 Å². The molecule has 72 valence electrons. The SMILES string of the molecule is CCSc1cccc(O)c1SCC. The Bertz CT molecular complexity index is 274. The van der Waals surface area contributed by atoms with Gasteiger partial charge in [0.2, 0.25) is 0 Å². The molecule has 0 aromatic heterocycles. The molecule has 3 heteroatoms. The van der Waals surface area contributed by atoms with Gasteiger partial charge < -0.3 is 5.11 Å². The van der Waals surface area contributed by atoms with E-state index in [0.29, 0.717) is 5.75 Å². The second kappa shape index (κ2) is 5.45. The first kappa shape index (κ1) is 10.8. The van der Waals surface area contributed by atoms with Crippen molar-refractivity contribution >= 4 is 23.5 Å². The maximum atomic E-state index is 9.61. The van der Waals surface area contributed by atoms with Crippen LogP contribution in [0.5, 0.6) is 5.75 Å². The predicted octanol–water partition coefficient (Wildman–Crippen LogP) is 3.62. The number of phenolic OH excluding ortho intramolecular Hbond substituents is 1. The maximum absolute atomic E-state index is 9.61. The van der Waals surface area contributed by atoms with Crippen molar-refractivity contribution in [3.05, 3.63) is 18.2 Å². The number of hydrogen-bond acceptors (Lipinski definition) is 3. The van der Waals surface area contributed by atoms with Gasteiger partial charge >= 0.3 is 0 Å². The van der Waals surface area contributed by atoms with E-state index in [9.17, 15) is 5.11 Å². The van der Waals surface area contributed by atoms with E-state index < -0.39 is 0 Å². The molecule has 0 saturated carbocycles. The third kappa shape index (κ3) is 2.85. The molecular weight excluding hydrogens is 200 g/mol. The molecule has 0 heterocycles.